The maximum absolute atomic E-state index is 12.8. The Morgan fingerprint density at radius 1 is 1.09 bits per heavy atom. The second-order valence-corrected chi connectivity index (χ2v) is 10.5. The van der Waals surface area contributed by atoms with Gasteiger partial charge in [-0.2, -0.15) is 0 Å². The zero-order chi connectivity index (χ0) is 24.5. The topological polar surface area (TPSA) is 63.7 Å². The van der Waals surface area contributed by atoms with E-state index in [0.29, 0.717) is 22.2 Å². The quantitative estimate of drug-likeness (QED) is 0.216. The van der Waals surface area contributed by atoms with Gasteiger partial charge in [-0.1, -0.05) is 26.2 Å². The van der Waals surface area contributed by atoms with E-state index in [0.717, 1.165) is 27.6 Å². The first kappa shape index (κ1) is 26.1. The molecule has 0 spiro atoms. The lowest BCUT2D eigenvalue weighted by atomic mass is 10.1. The van der Waals surface area contributed by atoms with E-state index in [4.69, 9.17) is 9.47 Å². The second-order valence-electron chi connectivity index (χ2n) is 7.97. The van der Waals surface area contributed by atoms with Gasteiger partial charge >= 0.3 is 0 Å². The summed E-state index contributed by atoms with van der Waals surface area (Å²) in [5.41, 5.74) is 2.25. The molecule has 6 nitrogen and oxygen atoms in total. The Morgan fingerprint density at radius 3 is 2.53 bits per heavy atom. The van der Waals surface area contributed by atoms with Gasteiger partial charge in [-0.05, 0) is 68.7 Å². The summed E-state index contributed by atoms with van der Waals surface area (Å²) >= 11 is 3.15. The van der Waals surface area contributed by atoms with E-state index in [-0.39, 0.29) is 5.91 Å². The second kappa shape index (κ2) is 12.8. The van der Waals surface area contributed by atoms with Crippen LogP contribution in [0.2, 0.25) is 0 Å². The number of aryl methyl sites for hydroxylation is 1. The molecule has 1 N–H and O–H groups in total. The summed E-state index contributed by atoms with van der Waals surface area (Å²) in [5, 5.41) is 3.49. The number of aromatic nitrogens is 1. The van der Waals surface area contributed by atoms with Crippen molar-refractivity contribution in [3.63, 3.8) is 0 Å². The molecule has 0 atom stereocenters. The third-order valence-electron chi connectivity index (χ3n) is 5.39. The Hall–Kier alpha value is -2.55. The van der Waals surface area contributed by atoms with Gasteiger partial charge in [-0.25, -0.2) is 9.29 Å². The minimum atomic E-state index is -0.175. The van der Waals surface area contributed by atoms with Gasteiger partial charge in [0.25, 0.3) is 5.91 Å². The molecule has 182 valence electrons. The molecule has 1 amide bonds. The number of ether oxygens (including phenoxy) is 2. The highest BCUT2D eigenvalue weighted by molar-refractivity contribution is 7.97. The number of rotatable bonds is 12. The molecular formula is C26H33N3O3S2. The van der Waals surface area contributed by atoms with Crippen LogP contribution in [0.5, 0.6) is 11.5 Å². The van der Waals surface area contributed by atoms with Crippen molar-refractivity contribution in [1.29, 1.82) is 0 Å². The van der Waals surface area contributed by atoms with Crippen LogP contribution in [0.4, 0.5) is 5.13 Å². The minimum absolute atomic E-state index is 0.175. The van der Waals surface area contributed by atoms with Crippen LogP contribution in [-0.2, 0) is 0 Å². The molecule has 0 fully saturated rings. The highest BCUT2D eigenvalue weighted by Crippen LogP contribution is 2.37. The van der Waals surface area contributed by atoms with E-state index in [1.807, 2.05) is 49.4 Å². The molecule has 8 heteroatoms. The zero-order valence-electron chi connectivity index (χ0n) is 20.5. The van der Waals surface area contributed by atoms with E-state index in [9.17, 15) is 4.79 Å². The fraction of sp³-hybridized carbons (Fsp3) is 0.385. The first-order valence-electron chi connectivity index (χ1n) is 11.5. The van der Waals surface area contributed by atoms with Crippen LogP contribution in [0.1, 0.15) is 47.8 Å². The number of amides is 1. The van der Waals surface area contributed by atoms with Crippen molar-refractivity contribution in [1.82, 2.24) is 9.29 Å². The third-order valence-corrected chi connectivity index (χ3v) is 7.25. The monoisotopic (exact) mass is 499 g/mol. The Bertz CT molecular complexity index is 1080. The van der Waals surface area contributed by atoms with E-state index < -0.39 is 0 Å². The standard InChI is InChI=1S/C26H33N3O3S2/c1-6-7-8-9-16-29(3)34-21-13-10-19(11-14-21)25(30)28-26-27-24(18(2)33-26)22-15-12-20(31-4)17-23(22)32-5/h10-15,17H,6-9,16H2,1-5H3,(H,27,28,30). The molecular weight excluding hydrogens is 466 g/mol. The molecule has 0 saturated carbocycles. The third kappa shape index (κ3) is 6.98. The smallest absolute Gasteiger partial charge is 0.257 e. The number of thiazole rings is 1. The number of unbranched alkanes of at least 4 members (excludes halogenated alkanes) is 3. The summed E-state index contributed by atoms with van der Waals surface area (Å²) < 4.78 is 13.0. The van der Waals surface area contributed by atoms with E-state index in [1.54, 1.807) is 26.2 Å². The lowest BCUT2D eigenvalue weighted by molar-refractivity contribution is 0.102. The molecule has 0 aliphatic rings. The first-order chi connectivity index (χ1) is 16.4. The normalized spacial score (nSPS) is 11.0. The number of hydrogen-bond donors (Lipinski definition) is 1. The van der Waals surface area contributed by atoms with Gasteiger partial charge in [0, 0.05) is 33.5 Å². The van der Waals surface area contributed by atoms with Gasteiger partial charge in [-0.15, -0.1) is 11.3 Å². The van der Waals surface area contributed by atoms with Crippen molar-refractivity contribution in [2.75, 3.05) is 33.1 Å². The fourth-order valence-corrected chi connectivity index (χ4v) is 5.18. The number of methoxy groups -OCH3 is 2. The minimum Gasteiger partial charge on any atom is -0.497 e. The van der Waals surface area contributed by atoms with Gasteiger partial charge in [0.15, 0.2) is 5.13 Å². The van der Waals surface area contributed by atoms with Gasteiger partial charge < -0.3 is 9.47 Å². The Morgan fingerprint density at radius 2 is 1.85 bits per heavy atom. The lowest BCUT2D eigenvalue weighted by Crippen LogP contribution is -2.12. The van der Waals surface area contributed by atoms with Crippen LogP contribution >= 0.6 is 23.3 Å². The molecule has 34 heavy (non-hydrogen) atoms. The summed E-state index contributed by atoms with van der Waals surface area (Å²) in [6, 6.07) is 13.3. The molecule has 0 radical (unpaired) electrons. The summed E-state index contributed by atoms with van der Waals surface area (Å²) in [5.74, 6) is 1.21. The van der Waals surface area contributed by atoms with Crippen LogP contribution in [-0.4, -0.2) is 43.0 Å². The van der Waals surface area contributed by atoms with Crippen molar-refractivity contribution < 1.29 is 14.3 Å². The molecule has 3 aromatic rings. The maximum Gasteiger partial charge on any atom is 0.257 e. The van der Waals surface area contributed by atoms with Gasteiger partial charge in [0.2, 0.25) is 0 Å². The molecule has 0 bridgehead atoms. The maximum atomic E-state index is 12.8. The summed E-state index contributed by atoms with van der Waals surface area (Å²) in [6.07, 6.45) is 5.01. The van der Waals surface area contributed by atoms with E-state index >= 15 is 0 Å². The number of carbonyl (C=O) groups excluding carboxylic acids is 1. The Balaban J connectivity index is 1.63. The van der Waals surface area contributed by atoms with Crippen LogP contribution in [0.15, 0.2) is 47.4 Å². The average Bonchev–Trinajstić information content (AvgIpc) is 3.21. The molecule has 0 aliphatic carbocycles. The predicted molar refractivity (Wildman–Crippen MR) is 142 cm³/mol. The van der Waals surface area contributed by atoms with Crippen molar-refractivity contribution in [3.8, 4) is 22.8 Å². The number of nitrogens with zero attached hydrogens (tertiary/aromatic N) is 2. The highest BCUT2D eigenvalue weighted by atomic mass is 32.2. The van der Waals surface area contributed by atoms with E-state index in [2.05, 4.69) is 28.6 Å². The first-order valence-corrected chi connectivity index (χ1v) is 13.0. The van der Waals surface area contributed by atoms with Gasteiger partial charge in [0.1, 0.15) is 11.5 Å². The van der Waals surface area contributed by atoms with Crippen molar-refractivity contribution in [2.45, 2.75) is 44.4 Å². The summed E-state index contributed by atoms with van der Waals surface area (Å²) in [4.78, 5) is 19.6. The molecule has 0 saturated heterocycles. The lowest BCUT2D eigenvalue weighted by Gasteiger charge is -2.15. The Kier molecular flexibility index (Phi) is 9.80. The average molecular weight is 500 g/mol. The predicted octanol–water partition coefficient (Wildman–Crippen LogP) is 6.91. The molecule has 1 heterocycles. The van der Waals surface area contributed by atoms with Crippen LogP contribution in [0.3, 0.4) is 0 Å². The fourth-order valence-electron chi connectivity index (χ4n) is 3.52. The van der Waals surface area contributed by atoms with Crippen LogP contribution in [0, 0.1) is 6.92 Å². The number of carbonyl (C=O) groups is 1. The van der Waals surface area contributed by atoms with Gasteiger partial charge in [-0.3, -0.25) is 10.1 Å². The molecule has 2 aromatic carbocycles. The van der Waals surface area contributed by atoms with E-state index in [1.165, 1.54) is 37.0 Å². The summed E-state index contributed by atoms with van der Waals surface area (Å²) in [7, 11) is 5.35. The van der Waals surface area contributed by atoms with Crippen molar-refractivity contribution in [2.24, 2.45) is 0 Å². The number of nitrogens with one attached hydrogen (secondary N) is 1. The van der Waals surface area contributed by atoms with Crippen LogP contribution in [0.25, 0.3) is 11.3 Å². The number of benzene rings is 2. The molecule has 0 unspecified atom stereocenters. The largest absolute Gasteiger partial charge is 0.497 e. The van der Waals surface area contributed by atoms with Crippen LogP contribution < -0.4 is 14.8 Å². The molecule has 3 rings (SSSR count). The number of hydrogen-bond acceptors (Lipinski definition) is 7. The van der Waals surface area contributed by atoms with Crippen molar-refractivity contribution in [3.05, 3.63) is 52.9 Å². The number of anilines is 1. The van der Waals surface area contributed by atoms with Crippen molar-refractivity contribution >= 4 is 34.3 Å². The molecule has 1 aromatic heterocycles. The Labute approximate surface area is 210 Å². The molecule has 0 aliphatic heterocycles. The SMILES string of the molecule is CCCCCCN(C)Sc1ccc(C(=O)Nc2nc(-c3ccc(OC)cc3OC)c(C)s2)cc1. The van der Waals surface area contributed by atoms with Gasteiger partial charge in [0.05, 0.1) is 19.9 Å². The zero-order valence-corrected chi connectivity index (χ0v) is 22.1. The summed E-state index contributed by atoms with van der Waals surface area (Å²) in [6.45, 7) is 5.26. The highest BCUT2D eigenvalue weighted by Gasteiger charge is 2.17.